The van der Waals surface area contributed by atoms with Crippen molar-refractivity contribution in [2.45, 2.75) is 26.0 Å². The third-order valence-corrected chi connectivity index (χ3v) is 3.95. The zero-order chi connectivity index (χ0) is 10.1. The van der Waals surface area contributed by atoms with Gasteiger partial charge in [0.25, 0.3) is 0 Å². The van der Waals surface area contributed by atoms with Crippen LogP contribution in [0.1, 0.15) is 19.7 Å². The predicted molar refractivity (Wildman–Crippen MR) is 52.3 cm³/mol. The van der Waals surface area contributed by atoms with Crippen LogP contribution in [0.15, 0.2) is 0 Å². The number of rotatable bonds is 3. The number of aromatic nitrogens is 2. The van der Waals surface area contributed by atoms with Gasteiger partial charge in [0.2, 0.25) is 15.2 Å². The van der Waals surface area contributed by atoms with E-state index in [0.717, 1.165) is 11.5 Å². The van der Waals surface area contributed by atoms with E-state index >= 15 is 0 Å². The maximum Gasteiger partial charge on any atom is 0.236 e. The van der Waals surface area contributed by atoms with Gasteiger partial charge in [-0.25, -0.2) is 13.4 Å². The minimum atomic E-state index is -3.28. The van der Waals surface area contributed by atoms with Gasteiger partial charge < -0.3 is 0 Å². The van der Waals surface area contributed by atoms with E-state index in [0.29, 0.717) is 11.0 Å². The Morgan fingerprint density at radius 1 is 1.46 bits per heavy atom. The Bertz CT molecular complexity index is 382. The largest absolute Gasteiger partial charge is 0.257 e. The molecule has 0 atom stereocenters. The van der Waals surface area contributed by atoms with Crippen LogP contribution >= 0.6 is 11.5 Å². The summed E-state index contributed by atoms with van der Waals surface area (Å²) in [7, 11) is -3.28. The molecule has 1 aromatic rings. The van der Waals surface area contributed by atoms with Crippen LogP contribution in [0.3, 0.4) is 0 Å². The number of nitrogens with zero attached hydrogens (tertiary/aromatic N) is 2. The molecule has 13 heavy (non-hydrogen) atoms. The first kappa shape index (κ1) is 10.4. The lowest BCUT2D eigenvalue weighted by Gasteiger charge is -2.06. The highest BCUT2D eigenvalue weighted by Gasteiger charge is 2.17. The van der Waals surface area contributed by atoms with Crippen molar-refractivity contribution in [1.82, 2.24) is 9.36 Å². The molecule has 0 saturated carbocycles. The van der Waals surface area contributed by atoms with Crippen LogP contribution in [-0.2, 0) is 10.0 Å². The summed E-state index contributed by atoms with van der Waals surface area (Å²) in [5, 5.41) is -0.136. The van der Waals surface area contributed by atoms with Crippen molar-refractivity contribution in [3.63, 3.8) is 0 Å². The van der Waals surface area contributed by atoms with Gasteiger partial charge in [-0.15, -0.1) is 0 Å². The number of sulfonamides is 1. The summed E-state index contributed by atoms with van der Waals surface area (Å²) < 4.78 is 28.9. The first-order chi connectivity index (χ1) is 5.92. The zero-order valence-corrected chi connectivity index (χ0v) is 9.24. The molecule has 1 heterocycles. The molecule has 0 unspecified atom stereocenters. The van der Waals surface area contributed by atoms with Gasteiger partial charge in [-0.3, -0.25) is 4.72 Å². The second-order valence-corrected chi connectivity index (χ2v) is 5.83. The molecule has 0 aliphatic heterocycles. The number of hydrogen-bond acceptors (Lipinski definition) is 5. The molecule has 0 aliphatic rings. The molecular formula is C6H11N3O2S2. The van der Waals surface area contributed by atoms with Crippen LogP contribution in [0.4, 0.5) is 5.13 Å². The molecule has 74 valence electrons. The number of hydrogen-bond donors (Lipinski definition) is 1. The highest BCUT2D eigenvalue weighted by Crippen LogP contribution is 2.13. The van der Waals surface area contributed by atoms with Crippen LogP contribution in [0, 0.1) is 6.92 Å². The molecule has 0 bridgehead atoms. The second kappa shape index (κ2) is 3.59. The maximum atomic E-state index is 11.3. The van der Waals surface area contributed by atoms with E-state index in [1.54, 1.807) is 20.8 Å². The summed E-state index contributed by atoms with van der Waals surface area (Å²) in [6, 6.07) is 0. The van der Waals surface area contributed by atoms with Gasteiger partial charge in [-0.05, 0) is 20.8 Å². The van der Waals surface area contributed by atoms with Crippen molar-refractivity contribution < 1.29 is 8.42 Å². The van der Waals surface area contributed by atoms with E-state index in [-0.39, 0.29) is 0 Å². The molecule has 0 saturated heterocycles. The molecule has 1 N–H and O–H groups in total. The monoisotopic (exact) mass is 221 g/mol. The van der Waals surface area contributed by atoms with Gasteiger partial charge >= 0.3 is 0 Å². The average molecular weight is 221 g/mol. The van der Waals surface area contributed by atoms with Crippen molar-refractivity contribution >= 4 is 26.7 Å². The summed E-state index contributed by atoms with van der Waals surface area (Å²) in [6.45, 7) is 4.93. The third kappa shape index (κ3) is 2.63. The van der Waals surface area contributed by atoms with Crippen molar-refractivity contribution in [3.8, 4) is 0 Å². The van der Waals surface area contributed by atoms with Crippen LogP contribution < -0.4 is 4.72 Å². The minimum absolute atomic E-state index is 0.325. The fourth-order valence-electron chi connectivity index (χ4n) is 0.578. The number of anilines is 1. The van der Waals surface area contributed by atoms with Gasteiger partial charge in [-0.1, -0.05) is 0 Å². The second-order valence-electron chi connectivity index (χ2n) is 2.84. The molecule has 7 heteroatoms. The lowest BCUT2D eigenvalue weighted by atomic mass is 10.6. The summed E-state index contributed by atoms with van der Waals surface area (Å²) in [6.07, 6.45) is 0. The Morgan fingerprint density at radius 2 is 2.08 bits per heavy atom. The van der Waals surface area contributed by atoms with Gasteiger partial charge in [0.1, 0.15) is 5.82 Å². The molecule has 1 rings (SSSR count). The fourth-order valence-corrected chi connectivity index (χ4v) is 2.03. The molecular weight excluding hydrogens is 210 g/mol. The number of aryl methyl sites for hydroxylation is 1. The van der Waals surface area contributed by atoms with E-state index in [1.807, 2.05) is 0 Å². The van der Waals surface area contributed by atoms with E-state index in [1.165, 1.54) is 0 Å². The molecule has 5 nitrogen and oxygen atoms in total. The Hall–Kier alpha value is -0.690. The van der Waals surface area contributed by atoms with E-state index < -0.39 is 15.3 Å². The lowest BCUT2D eigenvalue weighted by Crippen LogP contribution is -2.22. The predicted octanol–water partition coefficient (Wildman–Crippen LogP) is 0.997. The van der Waals surface area contributed by atoms with Crippen LogP contribution in [0.2, 0.25) is 0 Å². The first-order valence-electron chi connectivity index (χ1n) is 3.74. The molecule has 0 amide bonds. The van der Waals surface area contributed by atoms with Crippen molar-refractivity contribution in [1.29, 1.82) is 0 Å². The minimum Gasteiger partial charge on any atom is -0.257 e. The first-order valence-corrected chi connectivity index (χ1v) is 6.06. The van der Waals surface area contributed by atoms with Crippen LogP contribution in [0.5, 0.6) is 0 Å². The van der Waals surface area contributed by atoms with Crippen molar-refractivity contribution in [3.05, 3.63) is 5.82 Å². The highest BCUT2D eigenvalue weighted by molar-refractivity contribution is 7.93. The summed E-state index contributed by atoms with van der Waals surface area (Å²) >= 11 is 1.04. The highest BCUT2D eigenvalue weighted by atomic mass is 32.2. The SMILES string of the molecule is Cc1nsc(NS(=O)(=O)C(C)C)n1. The van der Waals surface area contributed by atoms with Crippen LogP contribution in [-0.4, -0.2) is 23.0 Å². The summed E-state index contributed by atoms with van der Waals surface area (Å²) in [5.74, 6) is 0.575. The van der Waals surface area contributed by atoms with Gasteiger partial charge in [0.05, 0.1) is 5.25 Å². The molecule has 0 fully saturated rings. The van der Waals surface area contributed by atoms with Gasteiger partial charge in [0.15, 0.2) is 0 Å². The molecule has 0 radical (unpaired) electrons. The number of nitrogens with one attached hydrogen (secondary N) is 1. The van der Waals surface area contributed by atoms with Crippen LogP contribution in [0.25, 0.3) is 0 Å². The Kier molecular flexibility index (Phi) is 2.87. The quantitative estimate of drug-likeness (QED) is 0.826. The van der Waals surface area contributed by atoms with Crippen molar-refractivity contribution in [2.75, 3.05) is 4.72 Å². The molecule has 0 aliphatic carbocycles. The Balaban J connectivity index is 2.81. The van der Waals surface area contributed by atoms with Gasteiger partial charge in [-0.2, -0.15) is 4.37 Å². The maximum absolute atomic E-state index is 11.3. The van der Waals surface area contributed by atoms with Gasteiger partial charge in [0, 0.05) is 11.5 Å². The molecule has 0 spiro atoms. The smallest absolute Gasteiger partial charge is 0.236 e. The Morgan fingerprint density at radius 3 is 2.46 bits per heavy atom. The summed E-state index contributed by atoms with van der Waals surface area (Å²) in [4.78, 5) is 3.90. The van der Waals surface area contributed by atoms with E-state index in [2.05, 4.69) is 14.1 Å². The average Bonchev–Trinajstić information content (AvgIpc) is 2.34. The van der Waals surface area contributed by atoms with E-state index in [4.69, 9.17) is 0 Å². The Labute approximate surface area is 81.4 Å². The molecule has 0 aromatic carbocycles. The third-order valence-electron chi connectivity index (χ3n) is 1.38. The zero-order valence-electron chi connectivity index (χ0n) is 7.60. The van der Waals surface area contributed by atoms with Crippen molar-refractivity contribution in [2.24, 2.45) is 0 Å². The standard InChI is InChI=1S/C6H11N3O2S2/c1-4(2)13(10,11)9-6-7-5(3)8-12-6/h4H,1-3H3,(H,7,8,9). The fraction of sp³-hybridized carbons (Fsp3) is 0.667. The normalized spacial score (nSPS) is 12.0. The lowest BCUT2D eigenvalue weighted by molar-refractivity contribution is 0.592. The van der Waals surface area contributed by atoms with E-state index in [9.17, 15) is 8.42 Å². The molecule has 1 aromatic heterocycles. The topological polar surface area (TPSA) is 72.0 Å². The summed E-state index contributed by atoms with van der Waals surface area (Å²) in [5.41, 5.74) is 0.